The van der Waals surface area contributed by atoms with Crippen LogP contribution in [0, 0.1) is 13.8 Å². The first-order chi connectivity index (χ1) is 13.7. The van der Waals surface area contributed by atoms with Crippen LogP contribution >= 0.6 is 0 Å². The van der Waals surface area contributed by atoms with Crippen LogP contribution in [0.1, 0.15) is 41.1 Å². The molecule has 1 atom stereocenters. The van der Waals surface area contributed by atoms with E-state index in [1.165, 1.54) is 4.31 Å². The third-order valence-corrected chi connectivity index (χ3v) is 6.32. The van der Waals surface area contributed by atoms with Gasteiger partial charge in [0.1, 0.15) is 12.3 Å². The molecule has 0 radical (unpaired) electrons. The van der Waals surface area contributed by atoms with Gasteiger partial charge in [0, 0.05) is 0 Å². The van der Waals surface area contributed by atoms with Gasteiger partial charge in [0.05, 0.1) is 25.1 Å². The van der Waals surface area contributed by atoms with Crippen LogP contribution in [0.4, 0.5) is 5.69 Å². The second-order valence-electron chi connectivity index (χ2n) is 7.69. The molecule has 2 aromatic carbocycles. The van der Waals surface area contributed by atoms with Crippen molar-refractivity contribution in [1.82, 2.24) is 5.32 Å². The number of carbonyl (C=O) groups excluding carboxylic acids is 1. The van der Waals surface area contributed by atoms with E-state index in [-0.39, 0.29) is 18.5 Å². The number of carbonyl (C=O) groups is 1. The second kappa shape index (κ2) is 8.45. The number of nitrogens with zero attached hydrogens (tertiary/aromatic N) is 1. The summed E-state index contributed by atoms with van der Waals surface area (Å²) in [6.07, 6.45) is 3.85. The molecule has 0 saturated heterocycles. The average Bonchev–Trinajstić information content (AvgIpc) is 2.64. The molecule has 0 spiro atoms. The molecule has 1 amide bonds. The Hall–Kier alpha value is -2.54. The number of amides is 1. The maximum absolute atomic E-state index is 12.8. The Morgan fingerprint density at radius 1 is 1.17 bits per heavy atom. The van der Waals surface area contributed by atoms with Crippen molar-refractivity contribution < 1.29 is 17.9 Å². The minimum Gasteiger partial charge on any atom is -0.497 e. The number of methoxy groups -OCH3 is 1. The lowest BCUT2D eigenvalue weighted by atomic mass is 9.87. The van der Waals surface area contributed by atoms with Crippen LogP contribution in [-0.2, 0) is 21.2 Å². The minimum atomic E-state index is -3.60. The fourth-order valence-corrected chi connectivity index (χ4v) is 4.77. The summed E-state index contributed by atoms with van der Waals surface area (Å²) in [5.41, 5.74) is 4.64. The molecule has 0 saturated carbocycles. The Labute approximate surface area is 172 Å². The number of aryl methyl sites for hydroxylation is 3. The molecule has 0 aliphatic heterocycles. The summed E-state index contributed by atoms with van der Waals surface area (Å²) in [6, 6.07) is 11.3. The summed E-state index contributed by atoms with van der Waals surface area (Å²) < 4.78 is 31.2. The molecule has 0 aromatic heterocycles. The lowest BCUT2D eigenvalue weighted by Crippen LogP contribution is -2.42. The van der Waals surface area contributed by atoms with Crippen molar-refractivity contribution >= 4 is 21.6 Å². The molecule has 156 valence electrons. The smallest absolute Gasteiger partial charge is 0.241 e. The van der Waals surface area contributed by atoms with Gasteiger partial charge in [-0.1, -0.05) is 12.1 Å². The van der Waals surface area contributed by atoms with Gasteiger partial charge in [-0.15, -0.1) is 0 Å². The molecule has 2 aromatic rings. The van der Waals surface area contributed by atoms with Gasteiger partial charge >= 0.3 is 0 Å². The van der Waals surface area contributed by atoms with Crippen molar-refractivity contribution in [1.29, 1.82) is 0 Å². The van der Waals surface area contributed by atoms with Gasteiger partial charge in [-0.2, -0.15) is 0 Å². The van der Waals surface area contributed by atoms with Gasteiger partial charge in [0.25, 0.3) is 0 Å². The zero-order valence-corrected chi connectivity index (χ0v) is 18.2. The third-order valence-electron chi connectivity index (χ3n) is 5.18. The SMILES string of the molecule is COc1ccc2c(c1)CCCC2NC(=O)CN(c1cc(C)cc(C)c1)S(C)(=O)=O. The van der Waals surface area contributed by atoms with Crippen LogP contribution < -0.4 is 14.4 Å². The van der Waals surface area contributed by atoms with Gasteiger partial charge in [0.2, 0.25) is 15.9 Å². The highest BCUT2D eigenvalue weighted by Gasteiger charge is 2.26. The van der Waals surface area contributed by atoms with Crippen LogP contribution in [0.3, 0.4) is 0 Å². The first-order valence-corrected chi connectivity index (χ1v) is 11.5. The second-order valence-corrected chi connectivity index (χ2v) is 9.60. The summed E-state index contributed by atoms with van der Waals surface area (Å²) >= 11 is 0. The molecule has 7 heteroatoms. The molecule has 1 N–H and O–H groups in total. The Morgan fingerprint density at radius 2 is 1.86 bits per heavy atom. The highest BCUT2D eigenvalue weighted by atomic mass is 32.2. The van der Waals surface area contributed by atoms with Crippen molar-refractivity contribution in [3.8, 4) is 5.75 Å². The van der Waals surface area contributed by atoms with Gasteiger partial charge in [-0.05, 0) is 79.6 Å². The lowest BCUT2D eigenvalue weighted by molar-refractivity contribution is -0.120. The number of rotatable bonds is 6. The summed E-state index contributed by atoms with van der Waals surface area (Å²) in [4.78, 5) is 12.8. The zero-order valence-electron chi connectivity index (χ0n) is 17.4. The molecule has 1 aliphatic carbocycles. The molecule has 0 heterocycles. The molecule has 0 fully saturated rings. The van der Waals surface area contributed by atoms with Crippen LogP contribution in [0.15, 0.2) is 36.4 Å². The summed E-state index contributed by atoms with van der Waals surface area (Å²) in [5.74, 6) is 0.483. The number of sulfonamides is 1. The number of nitrogens with one attached hydrogen (secondary N) is 1. The molecule has 0 bridgehead atoms. The predicted octanol–water partition coefficient (Wildman–Crippen LogP) is 3.27. The van der Waals surface area contributed by atoms with E-state index in [1.807, 2.05) is 38.1 Å². The normalized spacial score (nSPS) is 16.1. The number of anilines is 1. The fraction of sp³-hybridized carbons (Fsp3) is 0.409. The van der Waals surface area contributed by atoms with Crippen LogP contribution in [-0.4, -0.2) is 34.2 Å². The molecular formula is C22H28N2O4S. The number of hydrogen-bond donors (Lipinski definition) is 1. The maximum Gasteiger partial charge on any atom is 0.241 e. The zero-order chi connectivity index (χ0) is 21.2. The van der Waals surface area contributed by atoms with E-state index in [1.54, 1.807) is 19.2 Å². The molecule has 3 rings (SSSR count). The van der Waals surface area contributed by atoms with Crippen molar-refractivity contribution in [2.24, 2.45) is 0 Å². The Bertz CT molecular complexity index is 997. The molecule has 6 nitrogen and oxygen atoms in total. The van der Waals surface area contributed by atoms with E-state index in [2.05, 4.69) is 5.32 Å². The average molecular weight is 417 g/mol. The Kier molecular flexibility index (Phi) is 6.17. The van der Waals surface area contributed by atoms with Crippen molar-refractivity contribution in [3.63, 3.8) is 0 Å². The van der Waals surface area contributed by atoms with Crippen molar-refractivity contribution in [2.45, 2.75) is 39.2 Å². The van der Waals surface area contributed by atoms with Crippen molar-refractivity contribution in [2.75, 3.05) is 24.2 Å². The maximum atomic E-state index is 12.8. The summed E-state index contributed by atoms with van der Waals surface area (Å²) in [6.45, 7) is 3.57. The van der Waals surface area contributed by atoms with Gasteiger partial charge in [-0.25, -0.2) is 8.42 Å². The first kappa shape index (κ1) is 21.2. The van der Waals surface area contributed by atoms with E-state index < -0.39 is 10.0 Å². The molecule has 1 unspecified atom stereocenters. The van der Waals surface area contributed by atoms with E-state index >= 15 is 0 Å². The minimum absolute atomic E-state index is 0.127. The third kappa shape index (κ3) is 5.09. The van der Waals surface area contributed by atoms with Crippen LogP contribution in [0.5, 0.6) is 5.75 Å². The van der Waals surface area contributed by atoms with Gasteiger partial charge < -0.3 is 10.1 Å². The summed E-state index contributed by atoms with van der Waals surface area (Å²) in [5, 5.41) is 3.03. The highest BCUT2D eigenvalue weighted by Crippen LogP contribution is 2.32. The van der Waals surface area contributed by atoms with Gasteiger partial charge in [0.15, 0.2) is 0 Å². The fourth-order valence-electron chi connectivity index (χ4n) is 3.93. The highest BCUT2D eigenvalue weighted by molar-refractivity contribution is 7.92. The Balaban J connectivity index is 1.80. The van der Waals surface area contributed by atoms with E-state index in [4.69, 9.17) is 4.74 Å². The van der Waals surface area contributed by atoms with Crippen molar-refractivity contribution in [3.05, 3.63) is 58.7 Å². The van der Waals surface area contributed by atoms with Crippen LogP contribution in [0.2, 0.25) is 0 Å². The predicted molar refractivity (Wildman–Crippen MR) is 115 cm³/mol. The largest absolute Gasteiger partial charge is 0.497 e. The molecule has 1 aliphatic rings. The quantitative estimate of drug-likeness (QED) is 0.784. The van der Waals surface area contributed by atoms with E-state index in [0.29, 0.717) is 5.69 Å². The number of fused-ring (bicyclic) bond motifs is 1. The molecule has 29 heavy (non-hydrogen) atoms. The topological polar surface area (TPSA) is 75.7 Å². The number of ether oxygens (including phenoxy) is 1. The first-order valence-electron chi connectivity index (χ1n) is 9.69. The standard InChI is InChI=1S/C22H28N2O4S/c1-15-10-16(2)12-18(11-15)24(29(4,26)27)14-22(25)23-21-7-5-6-17-13-19(28-3)8-9-20(17)21/h8-13,21H,5-7,14H2,1-4H3,(H,23,25). The molecular weight excluding hydrogens is 388 g/mol. The number of benzene rings is 2. The summed E-state index contributed by atoms with van der Waals surface area (Å²) in [7, 11) is -1.97. The van der Waals surface area contributed by atoms with E-state index in [9.17, 15) is 13.2 Å². The van der Waals surface area contributed by atoms with Gasteiger partial charge in [-0.3, -0.25) is 9.10 Å². The van der Waals surface area contributed by atoms with Crippen LogP contribution in [0.25, 0.3) is 0 Å². The lowest BCUT2D eigenvalue weighted by Gasteiger charge is -2.28. The number of hydrogen-bond acceptors (Lipinski definition) is 4. The Morgan fingerprint density at radius 3 is 2.48 bits per heavy atom. The monoisotopic (exact) mass is 416 g/mol. The van der Waals surface area contributed by atoms with E-state index in [0.717, 1.165) is 53.5 Å².